The fraction of sp³-hybridized carbons (Fsp3) is 0.577. The molecule has 1 spiro atoms. The molecule has 1 N–H and O–H groups in total. The van der Waals surface area contributed by atoms with Crippen LogP contribution in [0.15, 0.2) is 46.6 Å². The summed E-state index contributed by atoms with van der Waals surface area (Å²) >= 11 is 0. The van der Waals surface area contributed by atoms with E-state index < -0.39 is 28.6 Å². The molecule has 1 aliphatic heterocycles. The maximum atomic E-state index is 12.9. The smallest absolute Gasteiger partial charge is 0.375 e. The van der Waals surface area contributed by atoms with Crippen molar-refractivity contribution in [1.82, 2.24) is 0 Å². The van der Waals surface area contributed by atoms with Gasteiger partial charge in [-0.15, -0.1) is 0 Å². The summed E-state index contributed by atoms with van der Waals surface area (Å²) in [7, 11) is 0. The first-order chi connectivity index (χ1) is 15.6. The molecule has 7 nitrogen and oxygen atoms in total. The number of carboxylic acid groups (broad SMARTS) is 1. The van der Waals surface area contributed by atoms with Gasteiger partial charge >= 0.3 is 11.9 Å². The molecule has 33 heavy (non-hydrogen) atoms. The molecule has 4 fully saturated rings. The monoisotopic (exact) mass is 452 g/mol. The lowest BCUT2D eigenvalue weighted by molar-refractivity contribution is -0.185. The van der Waals surface area contributed by atoms with Crippen LogP contribution < -0.4 is 0 Å². The first-order valence-electron chi connectivity index (χ1n) is 11.7. The number of epoxide rings is 1. The highest BCUT2D eigenvalue weighted by Gasteiger charge is 2.83. The Morgan fingerprint density at radius 3 is 2.73 bits per heavy atom. The van der Waals surface area contributed by atoms with Gasteiger partial charge in [0, 0.05) is 16.7 Å². The Hall–Kier alpha value is -2.67. The minimum Gasteiger partial charge on any atom is -0.478 e. The van der Waals surface area contributed by atoms with E-state index in [2.05, 4.69) is 6.92 Å². The van der Waals surface area contributed by atoms with E-state index in [1.54, 1.807) is 18.2 Å². The van der Waals surface area contributed by atoms with E-state index in [1.165, 1.54) is 12.3 Å². The average Bonchev–Trinajstić information content (AvgIpc) is 3.14. The van der Waals surface area contributed by atoms with Gasteiger partial charge in [-0.05, 0) is 68.7 Å². The topological polar surface area (TPSA) is 106 Å². The predicted molar refractivity (Wildman–Crippen MR) is 115 cm³/mol. The van der Waals surface area contributed by atoms with Gasteiger partial charge in [0.25, 0.3) is 0 Å². The van der Waals surface area contributed by atoms with Crippen LogP contribution in [0, 0.1) is 28.6 Å². The van der Waals surface area contributed by atoms with E-state index in [1.807, 2.05) is 19.9 Å². The van der Waals surface area contributed by atoms with Crippen LogP contribution in [0.4, 0.5) is 0 Å². The third kappa shape index (κ3) is 2.27. The molecule has 5 aliphatic rings. The number of aliphatic carboxylic acids is 1. The molecular formula is C26H28O7. The maximum Gasteiger partial charge on any atom is 0.375 e. The van der Waals surface area contributed by atoms with Gasteiger partial charge in [-0.3, -0.25) is 4.79 Å². The molecule has 3 saturated carbocycles. The number of rotatable bonds is 3. The van der Waals surface area contributed by atoms with E-state index >= 15 is 0 Å². The summed E-state index contributed by atoms with van der Waals surface area (Å²) in [6.45, 7) is 5.99. The number of carbonyl (C=O) groups excluding carboxylic acids is 2. The highest BCUT2D eigenvalue weighted by atomic mass is 16.6. The lowest BCUT2D eigenvalue weighted by atomic mass is 9.47. The van der Waals surface area contributed by atoms with Gasteiger partial charge in [0.15, 0.2) is 5.78 Å². The fourth-order valence-corrected chi connectivity index (χ4v) is 8.28. The van der Waals surface area contributed by atoms with E-state index in [0.717, 1.165) is 18.4 Å². The van der Waals surface area contributed by atoms with Crippen LogP contribution in [-0.4, -0.2) is 40.1 Å². The van der Waals surface area contributed by atoms with Crippen molar-refractivity contribution < 1.29 is 33.4 Å². The first kappa shape index (κ1) is 20.9. The zero-order chi connectivity index (χ0) is 23.4. The molecule has 0 bridgehead atoms. The summed E-state index contributed by atoms with van der Waals surface area (Å²) in [5.41, 5.74) is -2.16. The molecule has 0 aromatic carbocycles. The molecule has 2 heterocycles. The molecule has 7 heteroatoms. The Bertz CT molecular complexity index is 1130. The summed E-state index contributed by atoms with van der Waals surface area (Å²) < 4.78 is 17.6. The van der Waals surface area contributed by atoms with Crippen LogP contribution in [0.3, 0.4) is 0 Å². The molecule has 2 unspecified atom stereocenters. The molecule has 6 rings (SSSR count). The van der Waals surface area contributed by atoms with Crippen LogP contribution >= 0.6 is 0 Å². The quantitative estimate of drug-likeness (QED) is 0.547. The van der Waals surface area contributed by atoms with Gasteiger partial charge in [0.1, 0.15) is 5.60 Å². The van der Waals surface area contributed by atoms with Crippen molar-refractivity contribution in [3.8, 4) is 0 Å². The number of carbonyl (C=O) groups is 3. The second-order valence-corrected chi connectivity index (χ2v) is 10.9. The van der Waals surface area contributed by atoms with Crippen molar-refractivity contribution in [3.63, 3.8) is 0 Å². The van der Waals surface area contributed by atoms with Crippen LogP contribution in [0.5, 0.6) is 0 Å². The maximum absolute atomic E-state index is 12.9. The SMILES string of the molecule is C[C@@H]1CC2C3CCC4=CC(=O)C=C[C@]4(C)[C@@]34O[C@H]4C[C@]2(C)[C@@]1(OC(=O)c1ccco1)C(=O)O. The number of ketones is 1. The summed E-state index contributed by atoms with van der Waals surface area (Å²) in [5, 5.41) is 10.5. The van der Waals surface area contributed by atoms with Crippen molar-refractivity contribution in [2.24, 2.45) is 28.6 Å². The third-order valence-corrected chi connectivity index (χ3v) is 9.77. The summed E-state index contributed by atoms with van der Waals surface area (Å²) in [6, 6.07) is 3.07. The molecule has 1 aromatic heterocycles. The van der Waals surface area contributed by atoms with Gasteiger partial charge in [0.2, 0.25) is 11.4 Å². The molecule has 0 amide bonds. The summed E-state index contributed by atoms with van der Waals surface area (Å²) in [5.74, 6) is -2.09. The lowest BCUT2D eigenvalue weighted by Crippen LogP contribution is -2.63. The number of allylic oxidation sites excluding steroid dienone is 2. The molecule has 0 radical (unpaired) electrons. The first-order valence-corrected chi connectivity index (χ1v) is 11.7. The Balaban J connectivity index is 1.42. The fourth-order valence-electron chi connectivity index (χ4n) is 8.28. The van der Waals surface area contributed by atoms with Crippen LogP contribution in [-0.2, 0) is 19.1 Å². The van der Waals surface area contributed by atoms with Crippen LogP contribution in [0.2, 0.25) is 0 Å². The number of fused-ring (bicyclic) bond motifs is 3. The Morgan fingerprint density at radius 1 is 1.24 bits per heavy atom. The van der Waals surface area contributed by atoms with E-state index in [9.17, 15) is 19.5 Å². The standard InChI is InChI=1S/C26H28O7/c1-14-11-18-17-7-6-15-12-16(27)8-9-23(15,2)26(17)20(32-26)13-24(18,3)25(14,22(29)30)33-21(28)19-5-4-10-31-19/h4-5,8-10,12,14,17-18,20H,6-7,11,13H2,1-3H3,(H,29,30)/t14-,17?,18?,20+,23+,24+,25+,26-/m1/s1. The largest absolute Gasteiger partial charge is 0.478 e. The Morgan fingerprint density at radius 2 is 2.03 bits per heavy atom. The Kier molecular flexibility index (Phi) is 3.96. The van der Waals surface area contributed by atoms with Gasteiger partial charge in [-0.25, -0.2) is 9.59 Å². The zero-order valence-corrected chi connectivity index (χ0v) is 19.0. The second-order valence-electron chi connectivity index (χ2n) is 10.9. The van der Waals surface area contributed by atoms with Crippen molar-refractivity contribution in [2.75, 3.05) is 0 Å². The van der Waals surface area contributed by atoms with Crippen molar-refractivity contribution in [2.45, 2.75) is 63.8 Å². The lowest BCUT2D eigenvalue weighted by Gasteiger charge is -2.55. The van der Waals surface area contributed by atoms with Crippen LogP contribution in [0.25, 0.3) is 0 Å². The second kappa shape index (κ2) is 6.26. The van der Waals surface area contributed by atoms with Crippen molar-refractivity contribution in [1.29, 1.82) is 0 Å². The molecule has 174 valence electrons. The molecular weight excluding hydrogens is 424 g/mol. The number of ether oxygens (including phenoxy) is 2. The number of furan rings is 1. The molecule has 1 saturated heterocycles. The van der Waals surface area contributed by atoms with Crippen molar-refractivity contribution >= 4 is 17.7 Å². The minimum absolute atomic E-state index is 0.000306. The highest BCUT2D eigenvalue weighted by molar-refractivity contribution is 6.01. The summed E-state index contributed by atoms with van der Waals surface area (Å²) in [6.07, 6.45) is 9.33. The number of esters is 1. The minimum atomic E-state index is -1.67. The molecule has 1 aromatic rings. The number of hydrogen-bond acceptors (Lipinski definition) is 6. The van der Waals surface area contributed by atoms with E-state index in [4.69, 9.17) is 13.9 Å². The molecule has 4 aliphatic carbocycles. The van der Waals surface area contributed by atoms with Gasteiger partial charge < -0.3 is 19.0 Å². The normalized spacial score (nSPS) is 47.0. The third-order valence-electron chi connectivity index (χ3n) is 9.77. The van der Waals surface area contributed by atoms with Gasteiger partial charge in [-0.1, -0.05) is 25.5 Å². The van der Waals surface area contributed by atoms with Gasteiger partial charge in [-0.2, -0.15) is 0 Å². The highest BCUT2D eigenvalue weighted by Crippen LogP contribution is 2.76. The summed E-state index contributed by atoms with van der Waals surface area (Å²) in [4.78, 5) is 37.9. The Labute approximate surface area is 191 Å². The van der Waals surface area contributed by atoms with Crippen molar-refractivity contribution in [3.05, 3.63) is 48.0 Å². The van der Waals surface area contributed by atoms with E-state index in [-0.39, 0.29) is 40.8 Å². The number of hydrogen-bond donors (Lipinski definition) is 1. The number of carboxylic acids is 1. The zero-order valence-electron chi connectivity index (χ0n) is 19.0. The van der Waals surface area contributed by atoms with Crippen LogP contribution in [0.1, 0.15) is 57.0 Å². The molecule has 8 atom stereocenters. The van der Waals surface area contributed by atoms with E-state index in [0.29, 0.717) is 12.8 Å². The van der Waals surface area contributed by atoms with Gasteiger partial charge in [0.05, 0.1) is 12.4 Å². The average molecular weight is 453 g/mol. The predicted octanol–water partition coefficient (Wildman–Crippen LogP) is 3.95.